The Bertz CT molecular complexity index is 481. The number of pyridine rings is 1. The van der Waals surface area contributed by atoms with Crippen LogP contribution in [0.5, 0.6) is 5.88 Å². The average molecular weight is 329 g/mol. The van der Waals surface area contributed by atoms with Gasteiger partial charge in [0.2, 0.25) is 5.88 Å². The zero-order valence-electron chi connectivity index (χ0n) is 9.14. The molecule has 2 aromatic rings. The Labute approximate surface area is 108 Å². The van der Waals surface area contributed by atoms with Crippen molar-refractivity contribution in [2.45, 2.75) is 13.8 Å². The van der Waals surface area contributed by atoms with Crippen molar-refractivity contribution in [1.29, 1.82) is 0 Å². The van der Waals surface area contributed by atoms with Crippen molar-refractivity contribution in [3.63, 3.8) is 0 Å². The van der Waals surface area contributed by atoms with Gasteiger partial charge in [0.25, 0.3) is 0 Å². The van der Waals surface area contributed by atoms with Crippen molar-refractivity contribution < 1.29 is 4.74 Å². The van der Waals surface area contributed by atoms with Crippen molar-refractivity contribution in [1.82, 2.24) is 14.8 Å². The fourth-order valence-electron chi connectivity index (χ4n) is 1.39. The largest absolute Gasteiger partial charge is 0.476 e. The van der Waals surface area contributed by atoms with E-state index in [9.17, 15) is 0 Å². The van der Waals surface area contributed by atoms with Gasteiger partial charge in [-0.3, -0.25) is 0 Å². The molecule has 0 aromatic carbocycles. The third kappa shape index (κ3) is 2.04. The number of nitrogens with zero attached hydrogens (tertiary/aromatic N) is 3. The summed E-state index contributed by atoms with van der Waals surface area (Å²) < 4.78 is 8.28. The maximum atomic E-state index is 5.45. The molecule has 84 valence electrons. The van der Waals surface area contributed by atoms with E-state index >= 15 is 0 Å². The van der Waals surface area contributed by atoms with Gasteiger partial charge >= 0.3 is 0 Å². The van der Waals surface area contributed by atoms with E-state index in [-0.39, 0.29) is 0 Å². The first-order valence-corrected chi connectivity index (χ1v) is 6.11. The van der Waals surface area contributed by atoms with E-state index in [1.165, 1.54) is 0 Å². The van der Waals surface area contributed by atoms with Crippen LogP contribution in [0.15, 0.2) is 24.4 Å². The summed E-state index contributed by atoms with van der Waals surface area (Å²) in [5.74, 6) is 1.48. The summed E-state index contributed by atoms with van der Waals surface area (Å²) in [6.07, 6.45) is 1.75. The van der Waals surface area contributed by atoms with Gasteiger partial charge in [0, 0.05) is 6.20 Å². The van der Waals surface area contributed by atoms with Crippen LogP contribution in [0.25, 0.3) is 5.82 Å². The summed E-state index contributed by atoms with van der Waals surface area (Å²) in [7, 11) is 0. The molecule has 0 saturated carbocycles. The van der Waals surface area contributed by atoms with E-state index in [1.54, 1.807) is 10.9 Å². The van der Waals surface area contributed by atoms with Crippen LogP contribution in [0.3, 0.4) is 0 Å². The molecule has 0 N–H and O–H groups in total. The van der Waals surface area contributed by atoms with E-state index in [4.69, 9.17) is 4.74 Å². The summed E-state index contributed by atoms with van der Waals surface area (Å²) in [5, 5.41) is 4.39. The smallest absolute Gasteiger partial charge is 0.247 e. The molecule has 2 rings (SSSR count). The van der Waals surface area contributed by atoms with Crippen LogP contribution in [0, 0.1) is 10.5 Å². The van der Waals surface area contributed by atoms with Gasteiger partial charge in [-0.25, -0.2) is 9.67 Å². The van der Waals surface area contributed by atoms with Crippen LogP contribution in [0.4, 0.5) is 0 Å². The minimum absolute atomic E-state index is 0.620. The molecule has 2 heterocycles. The monoisotopic (exact) mass is 329 g/mol. The lowest BCUT2D eigenvalue weighted by Crippen LogP contribution is -2.01. The fraction of sp³-hybridized carbons (Fsp3) is 0.273. The lowest BCUT2D eigenvalue weighted by molar-refractivity contribution is 0.322. The van der Waals surface area contributed by atoms with Crippen LogP contribution in [0.2, 0.25) is 0 Å². The SMILES string of the molecule is CCOc1nn(-c2ccccn2)c(C)c1I. The number of aromatic nitrogens is 3. The molecule has 0 bridgehead atoms. The third-order valence-corrected chi connectivity index (χ3v) is 3.40. The zero-order chi connectivity index (χ0) is 11.5. The highest BCUT2D eigenvalue weighted by Gasteiger charge is 2.14. The third-order valence-electron chi connectivity index (χ3n) is 2.16. The second-order valence-electron chi connectivity index (χ2n) is 3.24. The highest BCUT2D eigenvalue weighted by molar-refractivity contribution is 14.1. The topological polar surface area (TPSA) is 39.9 Å². The maximum Gasteiger partial charge on any atom is 0.247 e. The van der Waals surface area contributed by atoms with Crippen LogP contribution in [-0.2, 0) is 0 Å². The molecule has 0 aliphatic carbocycles. The molecular weight excluding hydrogens is 317 g/mol. The molecule has 2 aromatic heterocycles. The van der Waals surface area contributed by atoms with Gasteiger partial charge in [0.1, 0.15) is 0 Å². The molecule has 0 aliphatic rings. The lowest BCUT2D eigenvalue weighted by atomic mass is 10.4. The van der Waals surface area contributed by atoms with E-state index in [0.717, 1.165) is 15.1 Å². The van der Waals surface area contributed by atoms with Crippen LogP contribution >= 0.6 is 22.6 Å². The second-order valence-corrected chi connectivity index (χ2v) is 4.32. The molecule has 0 radical (unpaired) electrons. The number of hydrogen-bond acceptors (Lipinski definition) is 3. The van der Waals surface area contributed by atoms with Crippen molar-refractivity contribution in [2.24, 2.45) is 0 Å². The number of rotatable bonds is 3. The summed E-state index contributed by atoms with van der Waals surface area (Å²) in [5.41, 5.74) is 1.04. The molecule has 16 heavy (non-hydrogen) atoms. The van der Waals surface area contributed by atoms with Crippen LogP contribution < -0.4 is 4.74 Å². The molecule has 0 aliphatic heterocycles. The minimum atomic E-state index is 0.620. The molecule has 0 saturated heterocycles. The predicted molar refractivity (Wildman–Crippen MR) is 70.0 cm³/mol. The summed E-state index contributed by atoms with van der Waals surface area (Å²) in [6.45, 7) is 4.58. The zero-order valence-corrected chi connectivity index (χ0v) is 11.3. The van der Waals surface area contributed by atoms with E-state index in [2.05, 4.69) is 32.7 Å². The van der Waals surface area contributed by atoms with Crippen molar-refractivity contribution in [2.75, 3.05) is 6.61 Å². The first kappa shape index (κ1) is 11.4. The predicted octanol–water partition coefficient (Wildman–Crippen LogP) is 2.58. The maximum absolute atomic E-state index is 5.45. The first-order valence-electron chi connectivity index (χ1n) is 5.03. The Morgan fingerprint density at radius 3 is 2.88 bits per heavy atom. The summed E-state index contributed by atoms with van der Waals surface area (Å²) in [6, 6.07) is 5.75. The Morgan fingerprint density at radius 2 is 2.25 bits per heavy atom. The standard InChI is InChI=1S/C11H12IN3O/c1-3-16-11-10(12)8(2)15(14-11)9-6-4-5-7-13-9/h4-7H,3H2,1-2H3. The average Bonchev–Trinajstić information content (AvgIpc) is 2.59. The van der Waals surface area contributed by atoms with Gasteiger partial charge in [-0.15, -0.1) is 5.10 Å². The van der Waals surface area contributed by atoms with Gasteiger partial charge in [0.15, 0.2) is 5.82 Å². The van der Waals surface area contributed by atoms with E-state index < -0.39 is 0 Å². The van der Waals surface area contributed by atoms with Crippen molar-refractivity contribution >= 4 is 22.6 Å². The van der Waals surface area contributed by atoms with Gasteiger partial charge < -0.3 is 4.74 Å². The van der Waals surface area contributed by atoms with Gasteiger partial charge in [-0.05, 0) is 48.6 Å². The second kappa shape index (κ2) is 4.82. The fourth-order valence-corrected chi connectivity index (χ4v) is 1.88. The van der Waals surface area contributed by atoms with Gasteiger partial charge in [0.05, 0.1) is 15.9 Å². The molecule has 4 nitrogen and oxygen atoms in total. The molecule has 5 heteroatoms. The van der Waals surface area contributed by atoms with Crippen LogP contribution in [0.1, 0.15) is 12.6 Å². The molecule has 0 amide bonds. The van der Waals surface area contributed by atoms with Gasteiger partial charge in [-0.1, -0.05) is 6.07 Å². The molecular formula is C11H12IN3O. The minimum Gasteiger partial charge on any atom is -0.476 e. The molecule has 0 atom stereocenters. The summed E-state index contributed by atoms with van der Waals surface area (Å²) in [4.78, 5) is 4.27. The number of halogens is 1. The van der Waals surface area contributed by atoms with E-state index in [1.807, 2.05) is 32.0 Å². The summed E-state index contributed by atoms with van der Waals surface area (Å²) >= 11 is 2.24. The van der Waals surface area contributed by atoms with Crippen LogP contribution in [-0.4, -0.2) is 21.4 Å². The Balaban J connectivity index is 2.46. The Kier molecular flexibility index (Phi) is 3.42. The first-order chi connectivity index (χ1) is 7.74. The highest BCUT2D eigenvalue weighted by Crippen LogP contribution is 2.24. The Hall–Kier alpha value is -1.11. The van der Waals surface area contributed by atoms with E-state index in [0.29, 0.717) is 12.5 Å². The quantitative estimate of drug-likeness (QED) is 0.813. The van der Waals surface area contributed by atoms with Crippen molar-refractivity contribution in [3.8, 4) is 11.7 Å². The van der Waals surface area contributed by atoms with Crippen molar-refractivity contribution in [3.05, 3.63) is 33.7 Å². The van der Waals surface area contributed by atoms with Gasteiger partial charge in [-0.2, -0.15) is 0 Å². The molecule has 0 spiro atoms. The Morgan fingerprint density at radius 1 is 1.44 bits per heavy atom. The number of hydrogen-bond donors (Lipinski definition) is 0. The molecule has 0 fully saturated rings. The normalized spacial score (nSPS) is 10.4. The number of ether oxygens (including phenoxy) is 1. The highest BCUT2D eigenvalue weighted by atomic mass is 127. The molecule has 0 unspecified atom stereocenters. The lowest BCUT2D eigenvalue weighted by Gasteiger charge is -2.01.